The fourth-order valence-corrected chi connectivity index (χ4v) is 2.62. The first kappa shape index (κ1) is 14.9. The Balaban J connectivity index is 2.21. The van der Waals surface area contributed by atoms with Crippen molar-refractivity contribution in [3.63, 3.8) is 0 Å². The summed E-state index contributed by atoms with van der Waals surface area (Å²) in [6, 6.07) is 8.52. The van der Waals surface area contributed by atoms with E-state index in [0.717, 1.165) is 26.1 Å². The number of hydrogen-bond acceptors (Lipinski definition) is 4. The molecule has 0 radical (unpaired) electrons. The fourth-order valence-electron chi connectivity index (χ4n) is 2.62. The van der Waals surface area contributed by atoms with E-state index in [0.29, 0.717) is 0 Å². The van der Waals surface area contributed by atoms with Crippen molar-refractivity contribution in [2.75, 3.05) is 19.6 Å². The van der Waals surface area contributed by atoms with Crippen molar-refractivity contribution < 1.29 is 0 Å². The summed E-state index contributed by atoms with van der Waals surface area (Å²) in [6.07, 6.45) is 4.74. The number of fused-ring (bicyclic) bond motifs is 1. The summed E-state index contributed by atoms with van der Waals surface area (Å²) < 4.78 is 0. The smallest absolute Gasteiger partial charge is 0.0478 e. The predicted molar refractivity (Wildman–Crippen MR) is 84.2 cm³/mol. The number of nitrogens with one attached hydrogen (secondary N) is 1. The van der Waals surface area contributed by atoms with Crippen LogP contribution in [-0.2, 0) is 0 Å². The van der Waals surface area contributed by atoms with Gasteiger partial charge in [-0.3, -0.25) is 16.3 Å². The second-order valence-corrected chi connectivity index (χ2v) is 4.98. The first-order chi connectivity index (χ1) is 9.80. The predicted octanol–water partition coefficient (Wildman–Crippen LogP) is 2.47. The number of nitrogens with two attached hydrogens (primary N) is 1. The highest BCUT2D eigenvalue weighted by Gasteiger charge is 2.14. The highest BCUT2D eigenvalue weighted by molar-refractivity contribution is 5.85. The van der Waals surface area contributed by atoms with Gasteiger partial charge in [0.1, 0.15) is 0 Å². The molecule has 0 amide bonds. The first-order valence-electron chi connectivity index (χ1n) is 7.31. The van der Waals surface area contributed by atoms with Gasteiger partial charge in [0.25, 0.3) is 0 Å². The number of rotatable bonds is 7. The minimum absolute atomic E-state index is 0.156. The number of pyridine rings is 1. The van der Waals surface area contributed by atoms with E-state index in [1.165, 1.54) is 16.3 Å². The highest BCUT2D eigenvalue weighted by atomic mass is 15.2. The fraction of sp³-hybridized carbons (Fsp3) is 0.438. The molecule has 0 bridgehead atoms. The Morgan fingerprint density at radius 1 is 1.25 bits per heavy atom. The SMILES string of the molecule is CCN(CC)CCC(NN)c1cccc2ccncc12. The number of hydrazine groups is 1. The van der Waals surface area contributed by atoms with Gasteiger partial charge in [-0.2, -0.15) is 0 Å². The van der Waals surface area contributed by atoms with Crippen molar-refractivity contribution >= 4 is 10.8 Å². The first-order valence-corrected chi connectivity index (χ1v) is 7.31. The standard InChI is InChI=1S/C16H24N4/c1-3-20(4-2)11-9-16(19-17)14-7-5-6-13-8-10-18-12-15(13)14/h5-8,10,12,16,19H,3-4,9,11,17H2,1-2H3. The molecule has 0 spiro atoms. The average molecular weight is 272 g/mol. The van der Waals surface area contributed by atoms with Crippen LogP contribution in [0.2, 0.25) is 0 Å². The normalized spacial score (nSPS) is 13.0. The summed E-state index contributed by atoms with van der Waals surface area (Å²) in [6.45, 7) is 7.57. The molecule has 0 saturated carbocycles. The van der Waals surface area contributed by atoms with E-state index in [2.05, 4.69) is 47.4 Å². The van der Waals surface area contributed by atoms with Crippen LogP contribution >= 0.6 is 0 Å². The molecule has 2 rings (SSSR count). The molecule has 3 N–H and O–H groups in total. The van der Waals surface area contributed by atoms with E-state index in [9.17, 15) is 0 Å². The summed E-state index contributed by atoms with van der Waals surface area (Å²) in [5, 5.41) is 2.39. The van der Waals surface area contributed by atoms with Gasteiger partial charge in [-0.15, -0.1) is 0 Å². The number of hydrogen-bond donors (Lipinski definition) is 2. The quantitative estimate of drug-likeness (QED) is 0.600. The number of nitrogens with zero attached hydrogens (tertiary/aromatic N) is 2. The average Bonchev–Trinajstić information content (AvgIpc) is 2.51. The van der Waals surface area contributed by atoms with E-state index in [1.54, 1.807) is 0 Å². The zero-order valence-electron chi connectivity index (χ0n) is 12.3. The van der Waals surface area contributed by atoms with Gasteiger partial charge < -0.3 is 4.90 Å². The number of aromatic nitrogens is 1. The molecule has 1 heterocycles. The van der Waals surface area contributed by atoms with Gasteiger partial charge in [0, 0.05) is 23.8 Å². The molecule has 1 unspecified atom stereocenters. The minimum Gasteiger partial charge on any atom is -0.304 e. The van der Waals surface area contributed by atoms with Crippen LogP contribution in [0.3, 0.4) is 0 Å². The van der Waals surface area contributed by atoms with Crippen molar-refractivity contribution in [3.8, 4) is 0 Å². The Morgan fingerprint density at radius 3 is 2.75 bits per heavy atom. The minimum atomic E-state index is 0.156. The Bertz CT molecular complexity index is 531. The summed E-state index contributed by atoms with van der Waals surface area (Å²) >= 11 is 0. The maximum atomic E-state index is 5.78. The molecule has 4 heteroatoms. The van der Waals surface area contributed by atoms with Crippen LogP contribution in [0, 0.1) is 0 Å². The van der Waals surface area contributed by atoms with Crippen LogP contribution < -0.4 is 11.3 Å². The van der Waals surface area contributed by atoms with Crippen LogP contribution in [0.4, 0.5) is 0 Å². The van der Waals surface area contributed by atoms with Crippen molar-refractivity contribution in [2.45, 2.75) is 26.3 Å². The van der Waals surface area contributed by atoms with Crippen LogP contribution in [0.15, 0.2) is 36.7 Å². The Kier molecular flexibility index (Phi) is 5.47. The van der Waals surface area contributed by atoms with Crippen LogP contribution in [0.5, 0.6) is 0 Å². The van der Waals surface area contributed by atoms with Crippen molar-refractivity contribution in [1.29, 1.82) is 0 Å². The Labute approximate surface area is 121 Å². The van der Waals surface area contributed by atoms with E-state index in [-0.39, 0.29) is 6.04 Å². The van der Waals surface area contributed by atoms with Crippen LogP contribution in [0.1, 0.15) is 31.9 Å². The van der Waals surface area contributed by atoms with Gasteiger partial charge >= 0.3 is 0 Å². The van der Waals surface area contributed by atoms with Crippen molar-refractivity contribution in [1.82, 2.24) is 15.3 Å². The molecule has 20 heavy (non-hydrogen) atoms. The molecular formula is C16H24N4. The zero-order chi connectivity index (χ0) is 14.4. The lowest BCUT2D eigenvalue weighted by atomic mass is 9.98. The summed E-state index contributed by atoms with van der Waals surface area (Å²) in [5.74, 6) is 5.78. The van der Waals surface area contributed by atoms with E-state index in [1.807, 2.05) is 18.5 Å². The summed E-state index contributed by atoms with van der Waals surface area (Å²) in [7, 11) is 0. The molecule has 1 atom stereocenters. The third-order valence-electron chi connectivity index (χ3n) is 3.92. The van der Waals surface area contributed by atoms with Crippen LogP contribution in [0.25, 0.3) is 10.8 Å². The lowest BCUT2D eigenvalue weighted by molar-refractivity contribution is 0.282. The van der Waals surface area contributed by atoms with E-state index in [4.69, 9.17) is 5.84 Å². The molecule has 4 nitrogen and oxygen atoms in total. The topological polar surface area (TPSA) is 54.2 Å². The molecule has 108 valence electrons. The third-order valence-corrected chi connectivity index (χ3v) is 3.92. The zero-order valence-corrected chi connectivity index (χ0v) is 12.3. The molecule has 1 aromatic heterocycles. The molecular weight excluding hydrogens is 248 g/mol. The monoisotopic (exact) mass is 272 g/mol. The molecule has 0 aliphatic rings. The van der Waals surface area contributed by atoms with Crippen LogP contribution in [-0.4, -0.2) is 29.5 Å². The van der Waals surface area contributed by atoms with Crippen molar-refractivity contribution in [3.05, 3.63) is 42.2 Å². The molecule has 2 aromatic rings. The number of benzene rings is 1. The maximum Gasteiger partial charge on any atom is 0.0478 e. The maximum absolute atomic E-state index is 5.78. The van der Waals surface area contributed by atoms with E-state index < -0.39 is 0 Å². The molecule has 0 fully saturated rings. The highest BCUT2D eigenvalue weighted by Crippen LogP contribution is 2.25. The lowest BCUT2D eigenvalue weighted by Crippen LogP contribution is -2.32. The van der Waals surface area contributed by atoms with Gasteiger partial charge in [0.2, 0.25) is 0 Å². The molecule has 0 aliphatic heterocycles. The Morgan fingerprint density at radius 2 is 2.05 bits per heavy atom. The van der Waals surface area contributed by atoms with E-state index >= 15 is 0 Å². The second-order valence-electron chi connectivity index (χ2n) is 4.98. The summed E-state index contributed by atoms with van der Waals surface area (Å²) in [5.41, 5.74) is 4.19. The third kappa shape index (κ3) is 3.33. The van der Waals surface area contributed by atoms with Gasteiger partial charge in [0.15, 0.2) is 0 Å². The Hall–Kier alpha value is -1.49. The van der Waals surface area contributed by atoms with Gasteiger partial charge in [-0.1, -0.05) is 32.0 Å². The molecule has 1 aromatic carbocycles. The second kappa shape index (κ2) is 7.33. The largest absolute Gasteiger partial charge is 0.304 e. The molecule has 0 saturated heterocycles. The van der Waals surface area contributed by atoms with Gasteiger partial charge in [-0.25, -0.2) is 0 Å². The molecule has 0 aliphatic carbocycles. The summed E-state index contributed by atoms with van der Waals surface area (Å²) in [4.78, 5) is 6.65. The lowest BCUT2D eigenvalue weighted by Gasteiger charge is -2.23. The van der Waals surface area contributed by atoms with Crippen molar-refractivity contribution in [2.24, 2.45) is 5.84 Å². The van der Waals surface area contributed by atoms with Gasteiger partial charge in [0.05, 0.1) is 0 Å². The van der Waals surface area contributed by atoms with Gasteiger partial charge in [-0.05, 0) is 43.1 Å².